The van der Waals surface area contributed by atoms with Gasteiger partial charge in [-0.05, 0) is 0 Å². The molecule has 0 aliphatic rings. The van der Waals surface area contributed by atoms with E-state index in [4.69, 9.17) is 28.5 Å². The van der Waals surface area contributed by atoms with Crippen molar-refractivity contribution in [2.75, 3.05) is 0 Å². The van der Waals surface area contributed by atoms with E-state index in [1.165, 1.54) is 10.6 Å². The van der Waals surface area contributed by atoms with Crippen molar-refractivity contribution in [1.29, 1.82) is 5.26 Å². The molecular weight excluding hydrogens is 223 g/mol. The van der Waals surface area contributed by atoms with E-state index in [1.807, 2.05) is 6.07 Å². The monoisotopic (exact) mass is 226 g/mol. The number of halogens is 2. The fourth-order valence-electron chi connectivity index (χ4n) is 1.10. The van der Waals surface area contributed by atoms with Crippen LogP contribution in [0.1, 0.15) is 11.3 Å². The Labute approximate surface area is 89.7 Å². The van der Waals surface area contributed by atoms with Crippen LogP contribution in [0.15, 0.2) is 12.4 Å². The van der Waals surface area contributed by atoms with Crippen molar-refractivity contribution in [2.24, 2.45) is 0 Å². The molecule has 2 heterocycles. The van der Waals surface area contributed by atoms with Crippen molar-refractivity contribution < 1.29 is 0 Å². The van der Waals surface area contributed by atoms with Crippen LogP contribution < -0.4 is 0 Å². The Morgan fingerprint density at radius 1 is 1.57 bits per heavy atom. The van der Waals surface area contributed by atoms with E-state index in [0.29, 0.717) is 22.2 Å². The molecule has 0 amide bonds. The van der Waals surface area contributed by atoms with Crippen LogP contribution in [-0.4, -0.2) is 14.4 Å². The fraction of sp³-hybridized carbons (Fsp3) is 0.125. The van der Waals surface area contributed by atoms with Crippen molar-refractivity contribution >= 4 is 29.0 Å². The van der Waals surface area contributed by atoms with E-state index < -0.39 is 0 Å². The minimum atomic E-state index is 0.226. The van der Waals surface area contributed by atoms with E-state index in [9.17, 15) is 0 Å². The Bertz CT molecular complexity index is 526. The second-order valence-corrected chi connectivity index (χ2v) is 3.23. The zero-order chi connectivity index (χ0) is 10.1. The Kier molecular flexibility index (Phi) is 2.28. The highest BCUT2D eigenvalue weighted by Crippen LogP contribution is 2.18. The average molecular weight is 227 g/mol. The first-order valence-electron chi connectivity index (χ1n) is 3.75. The first-order chi connectivity index (χ1) is 6.76. The second kappa shape index (κ2) is 3.45. The van der Waals surface area contributed by atoms with Crippen LogP contribution in [0.25, 0.3) is 5.78 Å². The molecule has 0 saturated carbocycles. The molecule has 0 aliphatic heterocycles. The standard InChI is InChI=1S/C8H4Cl2N4/c9-1-6-7(10)14-4-5(2-11)3-12-8(14)13-6/h3-4H,1H2. The number of rotatable bonds is 1. The van der Waals surface area contributed by atoms with Gasteiger partial charge in [0.2, 0.25) is 5.78 Å². The molecule has 2 rings (SSSR count). The number of imidazole rings is 1. The van der Waals surface area contributed by atoms with Crippen LogP contribution in [0.2, 0.25) is 5.15 Å². The third-order valence-electron chi connectivity index (χ3n) is 1.74. The minimum absolute atomic E-state index is 0.226. The molecule has 0 atom stereocenters. The Morgan fingerprint density at radius 3 is 3.00 bits per heavy atom. The lowest BCUT2D eigenvalue weighted by Crippen LogP contribution is -1.89. The first-order valence-corrected chi connectivity index (χ1v) is 4.66. The summed E-state index contributed by atoms with van der Waals surface area (Å²) in [6.45, 7) is 0. The normalized spacial score (nSPS) is 10.4. The fourth-order valence-corrected chi connectivity index (χ4v) is 1.58. The number of nitriles is 1. The van der Waals surface area contributed by atoms with Crippen LogP contribution in [0.5, 0.6) is 0 Å². The van der Waals surface area contributed by atoms with Gasteiger partial charge in [0.15, 0.2) is 0 Å². The molecule has 14 heavy (non-hydrogen) atoms. The summed E-state index contributed by atoms with van der Waals surface area (Å²) in [5, 5.41) is 9.06. The summed E-state index contributed by atoms with van der Waals surface area (Å²) in [7, 11) is 0. The highest BCUT2D eigenvalue weighted by atomic mass is 35.5. The number of fused-ring (bicyclic) bond motifs is 1. The van der Waals surface area contributed by atoms with Gasteiger partial charge in [0.25, 0.3) is 0 Å². The van der Waals surface area contributed by atoms with E-state index in [-0.39, 0.29) is 5.88 Å². The summed E-state index contributed by atoms with van der Waals surface area (Å²) in [6, 6.07) is 1.97. The topological polar surface area (TPSA) is 54.0 Å². The molecule has 0 saturated heterocycles. The maximum absolute atomic E-state index is 8.66. The zero-order valence-electron chi connectivity index (χ0n) is 6.91. The Hall–Kier alpha value is -1.31. The van der Waals surface area contributed by atoms with Gasteiger partial charge in [0, 0.05) is 6.20 Å². The summed E-state index contributed by atoms with van der Waals surface area (Å²) in [5.74, 6) is 0.675. The smallest absolute Gasteiger partial charge is 0.235 e. The number of hydrogen-bond acceptors (Lipinski definition) is 3. The average Bonchev–Trinajstić information content (AvgIpc) is 2.55. The lowest BCUT2D eigenvalue weighted by atomic mass is 10.4. The number of nitrogens with zero attached hydrogens (tertiary/aromatic N) is 4. The number of hydrogen-bond donors (Lipinski definition) is 0. The third-order valence-corrected chi connectivity index (χ3v) is 2.40. The zero-order valence-corrected chi connectivity index (χ0v) is 8.42. The molecule has 70 valence electrons. The molecule has 0 bridgehead atoms. The molecular formula is C8H4Cl2N4. The quantitative estimate of drug-likeness (QED) is 0.700. The van der Waals surface area contributed by atoms with E-state index in [0.717, 1.165) is 0 Å². The van der Waals surface area contributed by atoms with Crippen molar-refractivity contribution in [3.63, 3.8) is 0 Å². The highest BCUT2D eigenvalue weighted by molar-refractivity contribution is 6.31. The van der Waals surface area contributed by atoms with Gasteiger partial charge in [-0.3, -0.25) is 4.40 Å². The molecule has 0 unspecified atom stereocenters. The largest absolute Gasteiger partial charge is 0.273 e. The summed E-state index contributed by atoms with van der Waals surface area (Å²) < 4.78 is 1.54. The molecule has 4 nitrogen and oxygen atoms in total. The maximum Gasteiger partial charge on any atom is 0.235 e. The maximum atomic E-state index is 8.66. The molecule has 6 heteroatoms. The van der Waals surface area contributed by atoms with Crippen LogP contribution in [0.4, 0.5) is 0 Å². The van der Waals surface area contributed by atoms with Gasteiger partial charge in [-0.15, -0.1) is 11.6 Å². The van der Waals surface area contributed by atoms with Gasteiger partial charge in [-0.1, -0.05) is 11.6 Å². The van der Waals surface area contributed by atoms with Gasteiger partial charge in [-0.2, -0.15) is 5.26 Å². The Morgan fingerprint density at radius 2 is 2.36 bits per heavy atom. The minimum Gasteiger partial charge on any atom is -0.273 e. The third kappa shape index (κ3) is 1.31. The van der Waals surface area contributed by atoms with Gasteiger partial charge in [0.05, 0.1) is 23.3 Å². The van der Waals surface area contributed by atoms with Gasteiger partial charge >= 0.3 is 0 Å². The number of aromatic nitrogens is 3. The van der Waals surface area contributed by atoms with Crippen molar-refractivity contribution in [1.82, 2.24) is 14.4 Å². The van der Waals surface area contributed by atoms with Crippen LogP contribution in [0, 0.1) is 11.3 Å². The SMILES string of the molecule is N#Cc1cnc2nc(CCl)c(Cl)n2c1. The number of alkyl halides is 1. The summed E-state index contributed by atoms with van der Waals surface area (Å²) in [5.41, 5.74) is 0.994. The molecule has 0 aromatic carbocycles. The Balaban J connectivity index is 2.75. The molecule has 0 N–H and O–H groups in total. The van der Waals surface area contributed by atoms with Gasteiger partial charge in [0.1, 0.15) is 11.2 Å². The second-order valence-electron chi connectivity index (χ2n) is 2.61. The molecule has 0 aliphatic carbocycles. The van der Waals surface area contributed by atoms with Gasteiger partial charge in [-0.25, -0.2) is 9.97 Å². The van der Waals surface area contributed by atoms with Crippen LogP contribution in [0.3, 0.4) is 0 Å². The van der Waals surface area contributed by atoms with E-state index in [1.54, 1.807) is 6.20 Å². The molecule has 2 aromatic heterocycles. The molecule has 2 aromatic rings. The van der Waals surface area contributed by atoms with Crippen molar-refractivity contribution in [3.8, 4) is 6.07 Å². The van der Waals surface area contributed by atoms with Gasteiger partial charge < -0.3 is 0 Å². The first kappa shape index (κ1) is 9.25. The molecule has 0 spiro atoms. The lowest BCUT2D eigenvalue weighted by molar-refractivity contribution is 1.10. The van der Waals surface area contributed by atoms with E-state index in [2.05, 4.69) is 9.97 Å². The molecule has 0 radical (unpaired) electrons. The predicted octanol–water partition coefficient (Wildman–Crippen LogP) is 1.99. The van der Waals surface area contributed by atoms with Crippen molar-refractivity contribution in [3.05, 3.63) is 28.8 Å². The molecule has 0 fully saturated rings. The highest BCUT2D eigenvalue weighted by Gasteiger charge is 2.09. The lowest BCUT2D eigenvalue weighted by Gasteiger charge is -1.93. The van der Waals surface area contributed by atoms with E-state index >= 15 is 0 Å². The summed E-state index contributed by atoms with van der Waals surface area (Å²) >= 11 is 11.6. The summed E-state index contributed by atoms with van der Waals surface area (Å²) in [6.07, 6.45) is 3.02. The van der Waals surface area contributed by atoms with Crippen LogP contribution in [-0.2, 0) is 5.88 Å². The van der Waals surface area contributed by atoms with Crippen LogP contribution >= 0.6 is 23.2 Å². The summed E-state index contributed by atoms with van der Waals surface area (Å²) in [4.78, 5) is 8.05. The van der Waals surface area contributed by atoms with Crippen molar-refractivity contribution in [2.45, 2.75) is 5.88 Å². The predicted molar refractivity (Wildman–Crippen MR) is 52.3 cm³/mol.